The fourth-order valence-electron chi connectivity index (χ4n) is 2.34. The third-order valence-electron chi connectivity index (χ3n) is 3.33. The first-order valence-electron chi connectivity index (χ1n) is 6.90. The highest BCUT2D eigenvalue weighted by molar-refractivity contribution is 7.98. The minimum absolute atomic E-state index is 0.194. The van der Waals surface area contributed by atoms with Crippen molar-refractivity contribution in [2.24, 2.45) is 0 Å². The van der Waals surface area contributed by atoms with E-state index in [0.29, 0.717) is 23.3 Å². The van der Waals surface area contributed by atoms with Crippen LogP contribution in [-0.2, 0) is 17.1 Å². The Morgan fingerprint density at radius 3 is 3.22 bits per heavy atom. The van der Waals surface area contributed by atoms with Crippen molar-refractivity contribution in [1.29, 1.82) is 0 Å². The molecule has 0 bridgehead atoms. The molecule has 0 saturated carbocycles. The van der Waals surface area contributed by atoms with Crippen LogP contribution in [0.15, 0.2) is 34.8 Å². The molecule has 0 radical (unpaired) electrons. The molecule has 0 fully saturated rings. The first-order valence-corrected chi connectivity index (χ1v) is 8.77. The molecule has 2 aromatic heterocycles. The zero-order valence-corrected chi connectivity index (χ0v) is 13.5. The molecule has 1 N–H and O–H groups in total. The molecule has 4 rings (SSSR count). The summed E-state index contributed by atoms with van der Waals surface area (Å²) in [4.78, 5) is 5.48. The fourth-order valence-corrected chi connectivity index (χ4v) is 3.77. The predicted molar refractivity (Wildman–Crippen MR) is 85.9 cm³/mol. The Morgan fingerprint density at radius 1 is 1.39 bits per heavy atom. The Hall–Kier alpha value is -1.90. The summed E-state index contributed by atoms with van der Waals surface area (Å²) in [6, 6.07) is 6.89. The van der Waals surface area contributed by atoms with Gasteiger partial charge in [0, 0.05) is 16.9 Å². The van der Waals surface area contributed by atoms with E-state index in [0.717, 1.165) is 21.8 Å². The van der Waals surface area contributed by atoms with Gasteiger partial charge >= 0.3 is 0 Å². The lowest BCUT2D eigenvalue weighted by Crippen LogP contribution is -2.13. The van der Waals surface area contributed by atoms with E-state index in [1.54, 1.807) is 11.3 Å². The number of thioether (sulfide) groups is 1. The topological polar surface area (TPSA) is 60.0 Å². The molecular weight excluding hydrogens is 337 g/mol. The maximum absolute atomic E-state index is 13.7. The largest absolute Gasteiger partial charge is 0.467 e. The van der Waals surface area contributed by atoms with Crippen LogP contribution in [0.25, 0.3) is 10.7 Å². The van der Waals surface area contributed by atoms with Crippen molar-refractivity contribution in [3.63, 3.8) is 0 Å². The summed E-state index contributed by atoms with van der Waals surface area (Å²) in [6.45, 7) is 0.563. The third-order valence-corrected chi connectivity index (χ3v) is 5.10. The number of fused-ring (bicyclic) bond motifs is 1. The summed E-state index contributed by atoms with van der Waals surface area (Å²) < 4.78 is 24.4. The molecule has 1 aromatic carbocycles. The second kappa shape index (κ2) is 6.31. The number of hydrogen-bond acceptors (Lipinski definition) is 6. The standard InChI is InChI=1S/C15H12FN3O2S2/c16-11-4-9-6-20-8-21-13(9)10(5-11)7-23-15-17-14(18-19-15)12-2-1-3-22-12/h1-5H,6-8H2,(H,17,18,19). The molecule has 1 aliphatic rings. The van der Waals surface area contributed by atoms with Gasteiger partial charge in [0.1, 0.15) is 11.6 Å². The zero-order valence-electron chi connectivity index (χ0n) is 11.9. The Kier molecular flexibility index (Phi) is 4.02. The van der Waals surface area contributed by atoms with Gasteiger partial charge in [0.15, 0.2) is 12.6 Å². The number of aromatic amines is 1. The van der Waals surface area contributed by atoms with E-state index in [9.17, 15) is 4.39 Å². The van der Waals surface area contributed by atoms with Crippen LogP contribution in [0.4, 0.5) is 4.39 Å². The average Bonchev–Trinajstić information content (AvgIpc) is 3.23. The SMILES string of the molecule is Fc1cc2c(c(CSc3n[nH]c(-c4cccs4)n3)c1)OCOC2. The summed E-state index contributed by atoms with van der Waals surface area (Å²) in [5.41, 5.74) is 1.52. The highest BCUT2D eigenvalue weighted by atomic mass is 32.2. The van der Waals surface area contributed by atoms with Crippen molar-refractivity contribution in [2.75, 3.05) is 6.79 Å². The van der Waals surface area contributed by atoms with E-state index in [-0.39, 0.29) is 12.6 Å². The van der Waals surface area contributed by atoms with Gasteiger partial charge in [-0.15, -0.1) is 16.4 Å². The summed E-state index contributed by atoms with van der Waals surface area (Å²) in [5, 5.41) is 9.73. The number of hydrogen-bond donors (Lipinski definition) is 1. The second-order valence-corrected chi connectivity index (χ2v) is 6.79. The maximum Gasteiger partial charge on any atom is 0.209 e. The first kappa shape index (κ1) is 14.7. The molecular formula is C15H12FN3O2S2. The van der Waals surface area contributed by atoms with E-state index in [1.165, 1.54) is 23.9 Å². The van der Waals surface area contributed by atoms with Gasteiger partial charge in [-0.25, -0.2) is 9.37 Å². The Labute approximate surface area is 139 Å². The summed E-state index contributed by atoms with van der Waals surface area (Å²) >= 11 is 3.03. The van der Waals surface area contributed by atoms with Crippen molar-refractivity contribution in [2.45, 2.75) is 17.5 Å². The average molecular weight is 349 g/mol. The number of nitrogens with zero attached hydrogens (tertiary/aromatic N) is 2. The fraction of sp³-hybridized carbons (Fsp3) is 0.200. The summed E-state index contributed by atoms with van der Waals surface area (Å²) in [6.07, 6.45) is 0. The highest BCUT2D eigenvalue weighted by Gasteiger charge is 2.18. The number of halogens is 1. The minimum atomic E-state index is -0.289. The van der Waals surface area contributed by atoms with Gasteiger partial charge in [0.2, 0.25) is 5.16 Å². The molecule has 0 saturated heterocycles. The second-order valence-electron chi connectivity index (χ2n) is 4.90. The van der Waals surface area contributed by atoms with Crippen LogP contribution < -0.4 is 4.74 Å². The number of ether oxygens (including phenoxy) is 2. The molecule has 8 heteroatoms. The van der Waals surface area contributed by atoms with E-state index >= 15 is 0 Å². The van der Waals surface area contributed by atoms with Crippen molar-refractivity contribution >= 4 is 23.1 Å². The first-order chi connectivity index (χ1) is 11.3. The van der Waals surface area contributed by atoms with Crippen LogP contribution in [-0.4, -0.2) is 22.0 Å². The quantitative estimate of drug-likeness (QED) is 0.726. The maximum atomic E-state index is 13.7. The van der Waals surface area contributed by atoms with E-state index < -0.39 is 0 Å². The number of aromatic nitrogens is 3. The monoisotopic (exact) mass is 349 g/mol. The Balaban J connectivity index is 1.52. The van der Waals surface area contributed by atoms with Crippen molar-refractivity contribution in [1.82, 2.24) is 15.2 Å². The molecule has 0 atom stereocenters. The molecule has 3 aromatic rings. The molecule has 0 unspecified atom stereocenters. The minimum Gasteiger partial charge on any atom is -0.467 e. The zero-order chi connectivity index (χ0) is 15.6. The van der Waals surface area contributed by atoms with Gasteiger partial charge in [-0.3, -0.25) is 5.10 Å². The highest BCUT2D eigenvalue weighted by Crippen LogP contribution is 2.33. The predicted octanol–water partition coefficient (Wildman–Crippen LogP) is 3.83. The summed E-state index contributed by atoms with van der Waals surface area (Å²) in [7, 11) is 0. The van der Waals surface area contributed by atoms with Crippen LogP contribution >= 0.6 is 23.1 Å². The van der Waals surface area contributed by atoms with Crippen molar-refractivity contribution in [3.05, 3.63) is 46.6 Å². The van der Waals surface area contributed by atoms with Crippen LogP contribution in [0.5, 0.6) is 5.75 Å². The van der Waals surface area contributed by atoms with Gasteiger partial charge in [-0.2, -0.15) is 0 Å². The third kappa shape index (κ3) is 3.10. The lowest BCUT2D eigenvalue weighted by atomic mass is 10.1. The Morgan fingerprint density at radius 2 is 2.35 bits per heavy atom. The van der Waals surface area contributed by atoms with E-state index in [2.05, 4.69) is 15.2 Å². The number of benzene rings is 1. The van der Waals surface area contributed by atoms with Crippen LogP contribution in [0, 0.1) is 5.82 Å². The number of H-pyrrole nitrogens is 1. The van der Waals surface area contributed by atoms with E-state index in [4.69, 9.17) is 9.47 Å². The van der Waals surface area contributed by atoms with Gasteiger partial charge in [0.25, 0.3) is 0 Å². The molecule has 0 aliphatic carbocycles. The van der Waals surface area contributed by atoms with Gasteiger partial charge in [-0.05, 0) is 23.6 Å². The van der Waals surface area contributed by atoms with Gasteiger partial charge in [-0.1, -0.05) is 17.8 Å². The molecule has 3 heterocycles. The lowest BCUT2D eigenvalue weighted by molar-refractivity contribution is -0.0171. The summed E-state index contributed by atoms with van der Waals surface area (Å²) in [5.74, 6) is 1.69. The van der Waals surface area contributed by atoms with Crippen LogP contribution in [0.2, 0.25) is 0 Å². The molecule has 1 aliphatic heterocycles. The van der Waals surface area contributed by atoms with Crippen molar-refractivity contribution in [3.8, 4) is 16.5 Å². The number of rotatable bonds is 4. The number of thiophene rings is 1. The van der Waals surface area contributed by atoms with Crippen LogP contribution in [0.3, 0.4) is 0 Å². The lowest BCUT2D eigenvalue weighted by Gasteiger charge is -2.20. The normalized spacial score (nSPS) is 13.6. The molecule has 23 heavy (non-hydrogen) atoms. The smallest absolute Gasteiger partial charge is 0.209 e. The van der Waals surface area contributed by atoms with Gasteiger partial charge in [0.05, 0.1) is 11.5 Å². The van der Waals surface area contributed by atoms with Crippen LogP contribution in [0.1, 0.15) is 11.1 Å². The number of nitrogens with one attached hydrogen (secondary N) is 1. The Bertz CT molecular complexity index is 820. The van der Waals surface area contributed by atoms with Gasteiger partial charge < -0.3 is 9.47 Å². The molecule has 0 spiro atoms. The molecule has 5 nitrogen and oxygen atoms in total. The molecule has 0 amide bonds. The molecule has 118 valence electrons. The van der Waals surface area contributed by atoms with E-state index in [1.807, 2.05) is 17.5 Å². The van der Waals surface area contributed by atoms with Crippen molar-refractivity contribution < 1.29 is 13.9 Å².